The van der Waals surface area contributed by atoms with Crippen LogP contribution < -0.4 is 4.90 Å². The predicted molar refractivity (Wildman–Crippen MR) is 89.2 cm³/mol. The van der Waals surface area contributed by atoms with Gasteiger partial charge in [-0.05, 0) is 30.7 Å². The van der Waals surface area contributed by atoms with Crippen LogP contribution in [-0.4, -0.2) is 59.0 Å². The second-order valence-corrected chi connectivity index (χ2v) is 5.71. The third-order valence-corrected chi connectivity index (χ3v) is 4.04. The summed E-state index contributed by atoms with van der Waals surface area (Å²) in [7, 11) is 0. The largest absolute Gasteiger partial charge is 0.374 e. The summed E-state index contributed by atoms with van der Waals surface area (Å²) in [6, 6.07) is 8.02. The molecule has 1 saturated heterocycles. The van der Waals surface area contributed by atoms with Gasteiger partial charge in [-0.25, -0.2) is 0 Å². The van der Waals surface area contributed by atoms with Crippen LogP contribution in [0.4, 0.5) is 5.82 Å². The second kappa shape index (κ2) is 7.99. The third kappa shape index (κ3) is 4.46. The smallest absolute Gasteiger partial charge is 0.151 e. The first-order valence-corrected chi connectivity index (χ1v) is 8.10. The van der Waals surface area contributed by atoms with E-state index < -0.39 is 0 Å². The van der Waals surface area contributed by atoms with Crippen molar-refractivity contribution in [1.82, 2.24) is 20.1 Å². The summed E-state index contributed by atoms with van der Waals surface area (Å²) in [5.74, 6) is 0.906. The van der Waals surface area contributed by atoms with Crippen molar-refractivity contribution < 1.29 is 4.74 Å². The first kappa shape index (κ1) is 15.8. The maximum Gasteiger partial charge on any atom is 0.151 e. The number of nitrogens with zero attached hydrogens (tertiary/aromatic N) is 5. The van der Waals surface area contributed by atoms with Crippen LogP contribution in [0.15, 0.2) is 42.9 Å². The number of ether oxygens (including phenoxy) is 1. The lowest BCUT2D eigenvalue weighted by Crippen LogP contribution is -2.47. The fraction of sp³-hybridized carbons (Fsp3) is 0.471. The molecule has 0 aromatic carbocycles. The van der Waals surface area contributed by atoms with Crippen molar-refractivity contribution in [3.8, 4) is 0 Å². The molecule has 0 aliphatic carbocycles. The van der Waals surface area contributed by atoms with E-state index >= 15 is 0 Å². The van der Waals surface area contributed by atoms with E-state index in [1.54, 1.807) is 6.20 Å². The second-order valence-electron chi connectivity index (χ2n) is 5.71. The van der Waals surface area contributed by atoms with Gasteiger partial charge < -0.3 is 9.64 Å². The number of hydrogen-bond donors (Lipinski definition) is 0. The normalized spacial score (nSPS) is 18.7. The summed E-state index contributed by atoms with van der Waals surface area (Å²) in [5, 5.41) is 8.17. The fourth-order valence-corrected chi connectivity index (χ4v) is 2.88. The number of aromatic nitrogens is 3. The number of likely N-dealkylation sites (N-methyl/N-ethyl adjacent to an activating group) is 1. The zero-order valence-electron chi connectivity index (χ0n) is 13.5. The first-order chi connectivity index (χ1) is 11.3. The van der Waals surface area contributed by atoms with Gasteiger partial charge in [0, 0.05) is 51.3 Å². The van der Waals surface area contributed by atoms with Gasteiger partial charge in [0.05, 0.1) is 12.7 Å². The molecule has 1 aliphatic heterocycles. The molecule has 3 heterocycles. The van der Waals surface area contributed by atoms with E-state index in [1.165, 1.54) is 5.56 Å². The predicted octanol–water partition coefficient (Wildman–Crippen LogP) is 1.60. The van der Waals surface area contributed by atoms with E-state index in [0.29, 0.717) is 0 Å². The molecule has 2 aromatic rings. The monoisotopic (exact) mass is 313 g/mol. The molecule has 0 radical (unpaired) electrons. The molecule has 2 aromatic heterocycles. The molecule has 0 bridgehead atoms. The molecule has 1 atom stereocenters. The van der Waals surface area contributed by atoms with Crippen LogP contribution in [0.1, 0.15) is 12.5 Å². The number of morpholine rings is 1. The molecule has 0 N–H and O–H groups in total. The molecule has 0 saturated carbocycles. The molecule has 3 rings (SSSR count). The van der Waals surface area contributed by atoms with Gasteiger partial charge in [0.15, 0.2) is 5.82 Å². The molecule has 23 heavy (non-hydrogen) atoms. The van der Waals surface area contributed by atoms with Crippen LogP contribution in [0.5, 0.6) is 0 Å². The van der Waals surface area contributed by atoms with E-state index in [0.717, 1.165) is 45.1 Å². The highest BCUT2D eigenvalue weighted by molar-refractivity contribution is 5.36. The van der Waals surface area contributed by atoms with E-state index in [1.807, 2.05) is 30.6 Å². The van der Waals surface area contributed by atoms with Gasteiger partial charge in [0.1, 0.15) is 0 Å². The van der Waals surface area contributed by atoms with E-state index in [9.17, 15) is 0 Å². The Labute approximate surface area is 137 Å². The van der Waals surface area contributed by atoms with Gasteiger partial charge in [-0.1, -0.05) is 6.07 Å². The quantitative estimate of drug-likeness (QED) is 0.807. The van der Waals surface area contributed by atoms with Crippen molar-refractivity contribution in [2.45, 2.75) is 19.6 Å². The van der Waals surface area contributed by atoms with Crippen LogP contribution in [-0.2, 0) is 11.3 Å². The van der Waals surface area contributed by atoms with Crippen LogP contribution >= 0.6 is 0 Å². The highest BCUT2D eigenvalue weighted by Gasteiger charge is 2.23. The summed E-state index contributed by atoms with van der Waals surface area (Å²) in [4.78, 5) is 8.83. The zero-order chi connectivity index (χ0) is 15.9. The molecule has 0 spiro atoms. The molecule has 1 aliphatic rings. The van der Waals surface area contributed by atoms with Gasteiger partial charge in [-0.3, -0.25) is 9.88 Å². The maximum atomic E-state index is 5.95. The van der Waals surface area contributed by atoms with Crippen LogP contribution in [0.25, 0.3) is 0 Å². The summed E-state index contributed by atoms with van der Waals surface area (Å²) >= 11 is 0. The number of hydrogen-bond acceptors (Lipinski definition) is 6. The van der Waals surface area contributed by atoms with Gasteiger partial charge in [-0.15, -0.1) is 5.10 Å². The minimum atomic E-state index is 0.183. The van der Waals surface area contributed by atoms with Crippen molar-refractivity contribution in [3.05, 3.63) is 48.4 Å². The van der Waals surface area contributed by atoms with Crippen LogP contribution in [0, 0.1) is 0 Å². The number of pyridine rings is 1. The van der Waals surface area contributed by atoms with Crippen molar-refractivity contribution in [2.24, 2.45) is 0 Å². The van der Waals surface area contributed by atoms with Gasteiger partial charge >= 0.3 is 0 Å². The summed E-state index contributed by atoms with van der Waals surface area (Å²) < 4.78 is 5.95. The third-order valence-electron chi connectivity index (χ3n) is 4.04. The van der Waals surface area contributed by atoms with Crippen molar-refractivity contribution in [3.63, 3.8) is 0 Å². The molecule has 122 valence electrons. The Morgan fingerprint density at radius 3 is 2.96 bits per heavy atom. The molecule has 6 heteroatoms. The van der Waals surface area contributed by atoms with E-state index in [4.69, 9.17) is 4.74 Å². The Kier molecular flexibility index (Phi) is 5.50. The average molecular weight is 313 g/mol. The topological polar surface area (TPSA) is 54.4 Å². The molecule has 1 unspecified atom stereocenters. The Hall–Kier alpha value is -2.05. The van der Waals surface area contributed by atoms with Crippen molar-refractivity contribution in [1.29, 1.82) is 0 Å². The Bertz CT molecular complexity index is 580. The first-order valence-electron chi connectivity index (χ1n) is 8.10. The van der Waals surface area contributed by atoms with Crippen molar-refractivity contribution in [2.75, 3.05) is 37.7 Å². The van der Waals surface area contributed by atoms with Crippen LogP contribution in [0.2, 0.25) is 0 Å². The standard InChI is InChI=1S/C17H23N5O/c1-2-22(17-6-4-8-19-20-17)14-16-13-21(9-10-23-16)12-15-5-3-7-18-11-15/h3-8,11,16H,2,9-10,12-14H2,1H3. The van der Waals surface area contributed by atoms with E-state index in [-0.39, 0.29) is 6.10 Å². The van der Waals surface area contributed by atoms with Crippen molar-refractivity contribution >= 4 is 5.82 Å². The minimum Gasteiger partial charge on any atom is -0.374 e. The lowest BCUT2D eigenvalue weighted by Gasteiger charge is -2.35. The minimum absolute atomic E-state index is 0.183. The Morgan fingerprint density at radius 1 is 1.30 bits per heavy atom. The highest BCUT2D eigenvalue weighted by atomic mass is 16.5. The maximum absolute atomic E-state index is 5.95. The molecule has 0 amide bonds. The molecule has 1 fully saturated rings. The summed E-state index contributed by atoms with van der Waals surface area (Å²) in [5.41, 5.74) is 1.24. The summed E-state index contributed by atoms with van der Waals surface area (Å²) in [6.45, 7) is 7.42. The molecular formula is C17H23N5O. The van der Waals surface area contributed by atoms with Gasteiger partial charge in [0.25, 0.3) is 0 Å². The van der Waals surface area contributed by atoms with E-state index in [2.05, 4.69) is 38.0 Å². The fourth-order valence-electron chi connectivity index (χ4n) is 2.88. The SMILES string of the molecule is CCN(CC1CN(Cc2cccnc2)CCO1)c1cccnn1. The molecule has 6 nitrogen and oxygen atoms in total. The van der Waals surface area contributed by atoms with Crippen LogP contribution in [0.3, 0.4) is 0 Å². The number of rotatable bonds is 6. The lowest BCUT2D eigenvalue weighted by atomic mass is 10.2. The number of anilines is 1. The Morgan fingerprint density at radius 2 is 2.22 bits per heavy atom. The lowest BCUT2D eigenvalue weighted by molar-refractivity contribution is -0.0268. The van der Waals surface area contributed by atoms with Gasteiger partial charge in [-0.2, -0.15) is 5.10 Å². The average Bonchev–Trinajstić information content (AvgIpc) is 2.62. The zero-order valence-corrected chi connectivity index (χ0v) is 13.5. The van der Waals surface area contributed by atoms with Gasteiger partial charge in [0.2, 0.25) is 0 Å². The highest BCUT2D eigenvalue weighted by Crippen LogP contribution is 2.14. The summed E-state index contributed by atoms with van der Waals surface area (Å²) in [6.07, 6.45) is 5.63. The Balaban J connectivity index is 1.57. The molecular weight excluding hydrogens is 290 g/mol.